The highest BCUT2D eigenvalue weighted by Gasteiger charge is 2.50. The first-order chi connectivity index (χ1) is 8.66. The lowest BCUT2D eigenvalue weighted by molar-refractivity contribution is -0.949. The third-order valence-electron chi connectivity index (χ3n) is 5.58. The number of aliphatic hydroxyl groups excluding tert-OH is 1. The molecule has 18 heavy (non-hydrogen) atoms. The molecule has 2 aliphatic rings. The summed E-state index contributed by atoms with van der Waals surface area (Å²) >= 11 is 0. The summed E-state index contributed by atoms with van der Waals surface area (Å²) < 4.78 is 1.28. The van der Waals surface area contributed by atoms with Crippen molar-refractivity contribution in [1.29, 1.82) is 0 Å². The first-order valence-electron chi connectivity index (χ1n) is 8.19. The first-order valence-corrected chi connectivity index (χ1v) is 8.19. The molecule has 2 heteroatoms. The van der Waals surface area contributed by atoms with Crippen molar-refractivity contribution in [2.24, 2.45) is 0 Å². The van der Waals surface area contributed by atoms with E-state index >= 15 is 0 Å². The van der Waals surface area contributed by atoms with Gasteiger partial charge in [-0.1, -0.05) is 32.6 Å². The van der Waals surface area contributed by atoms with E-state index in [4.69, 9.17) is 0 Å². The van der Waals surface area contributed by atoms with Gasteiger partial charge in [-0.3, -0.25) is 0 Å². The maximum absolute atomic E-state index is 9.88. The Morgan fingerprint density at radius 3 is 2.11 bits per heavy atom. The number of nitrogens with zero attached hydrogens (tertiary/aromatic N) is 1. The van der Waals surface area contributed by atoms with E-state index in [-0.39, 0.29) is 6.10 Å². The molecule has 106 valence electrons. The molecule has 0 aromatic carbocycles. The molecule has 0 aromatic heterocycles. The number of hydrogen-bond acceptors (Lipinski definition) is 1. The van der Waals surface area contributed by atoms with Gasteiger partial charge in [0, 0.05) is 25.7 Å². The molecule has 0 radical (unpaired) electrons. The van der Waals surface area contributed by atoms with Crippen LogP contribution >= 0.6 is 0 Å². The Morgan fingerprint density at radius 1 is 0.944 bits per heavy atom. The van der Waals surface area contributed by atoms with Crippen molar-refractivity contribution in [2.45, 2.75) is 89.3 Å². The molecule has 2 heterocycles. The summed E-state index contributed by atoms with van der Waals surface area (Å²) in [6.45, 7) is 3.64. The van der Waals surface area contributed by atoms with Crippen LogP contribution in [0.1, 0.15) is 71.1 Å². The largest absolute Gasteiger partial charge is 0.393 e. The topological polar surface area (TPSA) is 20.2 Å². The van der Waals surface area contributed by atoms with Crippen LogP contribution in [0.15, 0.2) is 0 Å². The number of quaternary nitrogens is 1. The maximum Gasteiger partial charge on any atom is 0.0917 e. The molecule has 2 nitrogen and oxygen atoms in total. The summed E-state index contributed by atoms with van der Waals surface area (Å²) in [5.41, 5.74) is 0. The van der Waals surface area contributed by atoms with Crippen LogP contribution < -0.4 is 0 Å². The van der Waals surface area contributed by atoms with Gasteiger partial charge < -0.3 is 9.59 Å². The Morgan fingerprint density at radius 2 is 1.50 bits per heavy atom. The fourth-order valence-electron chi connectivity index (χ4n) is 4.31. The zero-order valence-electron chi connectivity index (χ0n) is 12.4. The van der Waals surface area contributed by atoms with E-state index in [1.54, 1.807) is 0 Å². The lowest BCUT2D eigenvalue weighted by Crippen LogP contribution is -2.58. The van der Waals surface area contributed by atoms with Gasteiger partial charge in [0.1, 0.15) is 0 Å². The van der Waals surface area contributed by atoms with E-state index in [2.05, 4.69) is 14.0 Å². The Balaban J connectivity index is 1.72. The average Bonchev–Trinajstić information content (AvgIpc) is 2.54. The molecule has 2 aliphatic heterocycles. The molecular weight excluding hydrogens is 222 g/mol. The van der Waals surface area contributed by atoms with Crippen LogP contribution in [-0.2, 0) is 0 Å². The van der Waals surface area contributed by atoms with E-state index in [9.17, 15) is 5.11 Å². The van der Waals surface area contributed by atoms with Crippen molar-refractivity contribution < 1.29 is 9.59 Å². The Hall–Kier alpha value is -0.0800. The summed E-state index contributed by atoms with van der Waals surface area (Å²) in [7, 11) is 2.46. The molecule has 2 unspecified atom stereocenters. The molecule has 2 atom stereocenters. The summed E-state index contributed by atoms with van der Waals surface area (Å²) in [5, 5.41) is 9.88. The molecule has 2 saturated heterocycles. The Bertz CT molecular complexity index is 239. The maximum atomic E-state index is 9.88. The summed E-state index contributed by atoms with van der Waals surface area (Å²) in [6, 6.07) is 1.52. The van der Waals surface area contributed by atoms with Gasteiger partial charge in [-0.2, -0.15) is 0 Å². The van der Waals surface area contributed by atoms with Gasteiger partial charge in [-0.25, -0.2) is 0 Å². The van der Waals surface area contributed by atoms with Gasteiger partial charge in [0.25, 0.3) is 0 Å². The van der Waals surface area contributed by atoms with E-state index in [0.717, 1.165) is 24.9 Å². The molecule has 2 bridgehead atoms. The Kier molecular flexibility index (Phi) is 5.08. The summed E-state index contributed by atoms with van der Waals surface area (Å²) in [6.07, 6.45) is 13.2. The van der Waals surface area contributed by atoms with Gasteiger partial charge >= 0.3 is 0 Å². The fourth-order valence-corrected chi connectivity index (χ4v) is 4.31. The highest BCUT2D eigenvalue weighted by molar-refractivity contribution is 4.85. The molecule has 2 fully saturated rings. The lowest BCUT2D eigenvalue weighted by atomic mass is 9.96. The minimum Gasteiger partial charge on any atom is -0.393 e. The first kappa shape index (κ1) is 14.3. The lowest BCUT2D eigenvalue weighted by Gasteiger charge is -2.46. The third kappa shape index (κ3) is 3.08. The van der Waals surface area contributed by atoms with E-state index < -0.39 is 0 Å². The van der Waals surface area contributed by atoms with Crippen molar-refractivity contribution in [1.82, 2.24) is 0 Å². The number of aliphatic hydroxyl groups is 1. The van der Waals surface area contributed by atoms with E-state index in [1.807, 2.05) is 0 Å². The van der Waals surface area contributed by atoms with Crippen LogP contribution in [0.5, 0.6) is 0 Å². The number of fused-ring (bicyclic) bond motifs is 2. The molecular formula is C16H32NO+. The number of piperidine rings is 1. The number of hydrogen-bond donors (Lipinski definition) is 1. The third-order valence-corrected chi connectivity index (χ3v) is 5.58. The van der Waals surface area contributed by atoms with E-state index in [0.29, 0.717) is 0 Å². The normalized spacial score (nSPS) is 39.2. The van der Waals surface area contributed by atoms with Gasteiger partial charge in [0.15, 0.2) is 0 Å². The minimum atomic E-state index is -0.00162. The zero-order chi connectivity index (χ0) is 13.0. The summed E-state index contributed by atoms with van der Waals surface area (Å²) in [4.78, 5) is 0. The fraction of sp³-hybridized carbons (Fsp3) is 1.00. The van der Waals surface area contributed by atoms with Crippen molar-refractivity contribution in [3.05, 3.63) is 0 Å². The van der Waals surface area contributed by atoms with Crippen LogP contribution in [0.2, 0.25) is 0 Å². The van der Waals surface area contributed by atoms with Crippen molar-refractivity contribution in [3.63, 3.8) is 0 Å². The molecule has 0 aromatic rings. The average molecular weight is 254 g/mol. The molecule has 0 saturated carbocycles. The van der Waals surface area contributed by atoms with Crippen LogP contribution in [0, 0.1) is 0 Å². The monoisotopic (exact) mass is 254 g/mol. The smallest absolute Gasteiger partial charge is 0.0917 e. The highest BCUT2D eigenvalue weighted by Crippen LogP contribution is 2.41. The molecule has 2 rings (SSSR count). The number of unbranched alkanes of at least 4 members (excludes halogenated alkanes) is 5. The van der Waals surface area contributed by atoms with E-state index in [1.165, 1.54) is 62.4 Å². The SMILES string of the molecule is CCCCCCCC[N+]1(C)C2CCC1CC(O)C2. The van der Waals surface area contributed by atoms with Crippen molar-refractivity contribution in [2.75, 3.05) is 13.6 Å². The predicted octanol–water partition coefficient (Wildman–Crippen LogP) is 3.48. The molecule has 0 spiro atoms. The van der Waals surface area contributed by atoms with Crippen LogP contribution in [0.3, 0.4) is 0 Å². The van der Waals surface area contributed by atoms with Gasteiger partial charge in [-0.15, -0.1) is 0 Å². The minimum absolute atomic E-state index is 0.00162. The predicted molar refractivity (Wildman–Crippen MR) is 76.5 cm³/mol. The Labute approximate surface area is 113 Å². The quantitative estimate of drug-likeness (QED) is 0.545. The zero-order valence-corrected chi connectivity index (χ0v) is 12.4. The second-order valence-corrected chi connectivity index (χ2v) is 6.85. The molecule has 0 amide bonds. The van der Waals surface area contributed by atoms with Gasteiger partial charge in [0.2, 0.25) is 0 Å². The molecule has 0 aliphatic carbocycles. The van der Waals surface area contributed by atoms with Crippen molar-refractivity contribution in [3.8, 4) is 0 Å². The van der Waals surface area contributed by atoms with Crippen LogP contribution in [-0.4, -0.2) is 41.4 Å². The van der Waals surface area contributed by atoms with Crippen LogP contribution in [0.25, 0.3) is 0 Å². The number of rotatable bonds is 7. The summed E-state index contributed by atoms with van der Waals surface area (Å²) in [5.74, 6) is 0. The van der Waals surface area contributed by atoms with Gasteiger partial charge in [0.05, 0.1) is 31.8 Å². The second-order valence-electron chi connectivity index (χ2n) is 6.85. The second kappa shape index (κ2) is 6.38. The van der Waals surface area contributed by atoms with Gasteiger partial charge in [-0.05, 0) is 12.8 Å². The van der Waals surface area contributed by atoms with Crippen LogP contribution in [0.4, 0.5) is 0 Å². The standard InChI is InChI=1S/C16H32NO/c1-3-4-5-6-7-8-11-17(2)14-9-10-15(17)13-16(18)12-14/h14-16,18H,3-13H2,1-2H3/q+1. The highest BCUT2D eigenvalue weighted by atomic mass is 16.3. The van der Waals surface area contributed by atoms with Crippen molar-refractivity contribution >= 4 is 0 Å². The molecule has 1 N–H and O–H groups in total.